The van der Waals surface area contributed by atoms with Gasteiger partial charge in [-0.3, -0.25) is 0 Å². The zero-order valence-electron chi connectivity index (χ0n) is 17.7. The minimum absolute atomic E-state index is 0.673. The van der Waals surface area contributed by atoms with Crippen LogP contribution in [0.1, 0.15) is 72.5 Å². The summed E-state index contributed by atoms with van der Waals surface area (Å²) in [6.07, 6.45) is 4.98. The van der Waals surface area contributed by atoms with Gasteiger partial charge in [-0.2, -0.15) is 0 Å². The topological polar surface area (TPSA) is 0 Å². The van der Waals surface area contributed by atoms with Gasteiger partial charge in [0.25, 0.3) is 0 Å². The number of aryl methyl sites for hydroxylation is 4. The van der Waals surface area contributed by atoms with Crippen LogP contribution in [-0.4, -0.2) is 3.71 Å². The number of hydrogen-bond acceptors (Lipinski definition) is 0. The van der Waals surface area contributed by atoms with Gasteiger partial charge in [0.05, 0.1) is 0 Å². The third-order valence-electron chi connectivity index (χ3n) is 6.68. The fraction of sp³-hybridized carbons (Fsp3) is 0.346. The second-order valence-corrected chi connectivity index (χ2v) is 15.2. The number of hydrogen-bond donors (Lipinski definition) is 0. The number of rotatable bonds is 2. The molecule has 2 aromatic rings. The molecular formula is C26H30Zr. The normalized spacial score (nSPS) is 20.1. The zero-order valence-corrected chi connectivity index (χ0v) is 20.2. The molecule has 0 amide bonds. The van der Waals surface area contributed by atoms with E-state index in [9.17, 15) is 0 Å². The summed E-state index contributed by atoms with van der Waals surface area (Å²) >= 11 is -2.00. The molecule has 0 bridgehead atoms. The first-order chi connectivity index (χ1) is 12.8. The molecule has 0 nitrogen and oxygen atoms in total. The molecule has 0 heterocycles. The zero-order chi connectivity index (χ0) is 19.5. The van der Waals surface area contributed by atoms with Crippen molar-refractivity contribution >= 4 is 15.9 Å². The molecule has 0 spiro atoms. The summed E-state index contributed by atoms with van der Waals surface area (Å²) in [5.74, 6) is 0. The van der Waals surface area contributed by atoms with Crippen LogP contribution in [0.3, 0.4) is 0 Å². The van der Waals surface area contributed by atoms with Crippen molar-refractivity contribution in [3.8, 4) is 0 Å². The monoisotopic (exact) mass is 432 g/mol. The quantitative estimate of drug-likeness (QED) is 0.479. The van der Waals surface area contributed by atoms with E-state index < -0.39 is 21.3 Å². The molecule has 4 rings (SSSR count). The third-order valence-corrected chi connectivity index (χ3v) is 15.3. The van der Waals surface area contributed by atoms with Gasteiger partial charge >= 0.3 is 173 Å². The fourth-order valence-corrected chi connectivity index (χ4v) is 14.3. The molecule has 0 aliphatic heterocycles. The molecule has 2 aromatic carbocycles. The summed E-state index contributed by atoms with van der Waals surface area (Å²) in [6, 6.07) is 9.26. The Morgan fingerprint density at radius 1 is 0.630 bits per heavy atom. The molecule has 0 N–H and O–H groups in total. The van der Waals surface area contributed by atoms with Crippen LogP contribution in [0.15, 0.2) is 35.4 Å². The first-order valence-electron chi connectivity index (χ1n) is 10.1. The summed E-state index contributed by atoms with van der Waals surface area (Å²) in [7, 11) is 0. The van der Waals surface area contributed by atoms with E-state index >= 15 is 0 Å². The van der Waals surface area contributed by atoms with E-state index in [1.54, 1.807) is 22.3 Å². The van der Waals surface area contributed by atoms with Crippen molar-refractivity contribution in [2.24, 2.45) is 0 Å². The van der Waals surface area contributed by atoms with Crippen molar-refractivity contribution in [2.75, 3.05) is 0 Å². The van der Waals surface area contributed by atoms with Gasteiger partial charge in [0.2, 0.25) is 0 Å². The Kier molecular flexibility index (Phi) is 4.88. The van der Waals surface area contributed by atoms with Gasteiger partial charge in [0, 0.05) is 0 Å². The molecular weight excluding hydrogens is 404 g/mol. The third kappa shape index (κ3) is 2.85. The van der Waals surface area contributed by atoms with E-state index in [2.05, 4.69) is 88.6 Å². The van der Waals surface area contributed by atoms with E-state index in [4.69, 9.17) is 0 Å². The fourth-order valence-electron chi connectivity index (χ4n) is 5.29. The van der Waals surface area contributed by atoms with Gasteiger partial charge in [-0.1, -0.05) is 0 Å². The average Bonchev–Trinajstić information content (AvgIpc) is 3.16. The van der Waals surface area contributed by atoms with Gasteiger partial charge in [-0.15, -0.1) is 0 Å². The van der Waals surface area contributed by atoms with Crippen LogP contribution in [0.5, 0.6) is 0 Å². The second kappa shape index (κ2) is 6.93. The van der Waals surface area contributed by atoms with Crippen molar-refractivity contribution in [3.05, 3.63) is 79.9 Å². The Labute approximate surface area is 172 Å². The molecule has 2 unspecified atom stereocenters. The van der Waals surface area contributed by atoms with Crippen LogP contribution in [-0.2, 0) is 21.3 Å². The van der Waals surface area contributed by atoms with Crippen LogP contribution in [0.2, 0.25) is 0 Å². The Bertz CT molecular complexity index is 965. The Hall–Kier alpha value is -1.33. The number of fused-ring (bicyclic) bond motifs is 2. The summed E-state index contributed by atoms with van der Waals surface area (Å²) in [5.41, 5.74) is 15.3. The Balaban J connectivity index is 1.91. The standard InChI is InChI=1S/2C12H13.C2H4.Zr/c2*1-8-6-11-9(2)4-5-10(3)12(11)7-8;1-2;/h2*4-7H,1-3H3;1H,2H3;. The first kappa shape index (κ1) is 19.0. The summed E-state index contributed by atoms with van der Waals surface area (Å²) in [4.78, 5) is 0. The maximum atomic E-state index is 2.67. The molecule has 0 radical (unpaired) electrons. The minimum atomic E-state index is -2.00. The maximum absolute atomic E-state index is 2.67. The predicted octanol–water partition coefficient (Wildman–Crippen LogP) is 6.98. The van der Waals surface area contributed by atoms with Crippen LogP contribution in [0.25, 0.3) is 12.2 Å². The molecule has 0 saturated heterocycles. The van der Waals surface area contributed by atoms with E-state index in [1.807, 2.05) is 0 Å². The van der Waals surface area contributed by atoms with Crippen LogP contribution in [0.4, 0.5) is 0 Å². The van der Waals surface area contributed by atoms with Crippen LogP contribution in [0, 0.1) is 27.7 Å². The summed E-state index contributed by atoms with van der Waals surface area (Å²) in [5, 5.41) is 0. The van der Waals surface area contributed by atoms with Gasteiger partial charge in [0.1, 0.15) is 0 Å². The molecule has 0 aromatic heterocycles. The van der Waals surface area contributed by atoms with Gasteiger partial charge in [-0.05, 0) is 0 Å². The Morgan fingerprint density at radius 3 is 1.37 bits per heavy atom. The SMILES string of the molecule is C[CH]=[Zr]([CH]1C(C)=Cc2c(C)ccc(C)c21)[CH]1C(C)=Cc2c(C)ccc(C)c21. The van der Waals surface area contributed by atoms with Gasteiger partial charge in [0.15, 0.2) is 0 Å². The molecule has 2 atom stereocenters. The number of allylic oxidation sites excluding steroid dienone is 2. The molecule has 1 heteroatoms. The number of benzene rings is 2. The van der Waals surface area contributed by atoms with Gasteiger partial charge in [-0.25, -0.2) is 0 Å². The van der Waals surface area contributed by atoms with E-state index in [0.29, 0.717) is 7.25 Å². The molecule has 138 valence electrons. The van der Waals surface area contributed by atoms with E-state index in [1.165, 1.54) is 33.4 Å². The summed E-state index contributed by atoms with van der Waals surface area (Å²) < 4.78 is 4.01. The molecule has 2 aliphatic carbocycles. The average molecular weight is 434 g/mol. The van der Waals surface area contributed by atoms with Crippen LogP contribution < -0.4 is 0 Å². The summed E-state index contributed by atoms with van der Waals surface area (Å²) in [6.45, 7) is 16.3. The van der Waals surface area contributed by atoms with Crippen molar-refractivity contribution in [3.63, 3.8) is 0 Å². The van der Waals surface area contributed by atoms with Gasteiger partial charge < -0.3 is 0 Å². The molecule has 0 saturated carbocycles. The second-order valence-electron chi connectivity index (χ2n) is 8.48. The van der Waals surface area contributed by atoms with Crippen molar-refractivity contribution in [2.45, 2.75) is 55.7 Å². The molecule has 2 aliphatic rings. The van der Waals surface area contributed by atoms with Crippen molar-refractivity contribution < 1.29 is 21.3 Å². The van der Waals surface area contributed by atoms with Crippen molar-refractivity contribution in [1.82, 2.24) is 0 Å². The molecule has 0 fully saturated rings. The predicted molar refractivity (Wildman–Crippen MR) is 116 cm³/mol. The van der Waals surface area contributed by atoms with E-state index in [-0.39, 0.29) is 0 Å². The van der Waals surface area contributed by atoms with Crippen LogP contribution >= 0.6 is 0 Å². The van der Waals surface area contributed by atoms with Crippen molar-refractivity contribution in [1.29, 1.82) is 0 Å². The Morgan fingerprint density at radius 2 is 1.00 bits per heavy atom. The first-order valence-corrected chi connectivity index (χ1v) is 14.3. The molecule has 27 heavy (non-hydrogen) atoms. The van der Waals surface area contributed by atoms with E-state index in [0.717, 1.165) is 0 Å².